The Morgan fingerprint density at radius 3 is 2.44 bits per heavy atom. The van der Waals surface area contributed by atoms with Gasteiger partial charge in [-0.3, -0.25) is 9.78 Å². The molecule has 11 heteroatoms. The van der Waals surface area contributed by atoms with Crippen LogP contribution < -0.4 is 4.72 Å². The number of thiophene rings is 1. The van der Waals surface area contributed by atoms with Gasteiger partial charge in [-0.15, -0.1) is 11.3 Å². The number of rotatable bonds is 7. The third-order valence-electron chi connectivity index (χ3n) is 5.03. The first-order valence-electron chi connectivity index (χ1n) is 9.89. The molecule has 0 unspecified atom stereocenters. The van der Waals surface area contributed by atoms with Crippen LogP contribution in [-0.4, -0.2) is 30.5 Å². The average molecular weight is 507 g/mol. The molecule has 0 aliphatic heterocycles. The number of pyridine rings is 1. The molecule has 0 spiro atoms. The first-order chi connectivity index (χ1) is 16.0. The molecule has 0 bridgehead atoms. The number of fused-ring (bicyclic) bond motifs is 1. The number of sulfonamides is 1. The summed E-state index contributed by atoms with van der Waals surface area (Å²) in [7, 11) is -4.20. The van der Waals surface area contributed by atoms with Crippen LogP contribution in [0.15, 0.2) is 77.1 Å². The minimum Gasteiger partial charge on any atom is -0.480 e. The molecule has 4 aromatic rings. The van der Waals surface area contributed by atoms with Gasteiger partial charge in [-0.1, -0.05) is 30.3 Å². The second-order valence-corrected chi connectivity index (χ2v) is 10.5. The second-order valence-electron chi connectivity index (χ2n) is 7.45. The van der Waals surface area contributed by atoms with E-state index in [0.717, 1.165) is 34.4 Å². The summed E-state index contributed by atoms with van der Waals surface area (Å²) in [5, 5.41) is 10.4. The van der Waals surface area contributed by atoms with Gasteiger partial charge in [0, 0.05) is 22.9 Å². The van der Waals surface area contributed by atoms with E-state index in [1.807, 2.05) is 24.3 Å². The lowest BCUT2D eigenvalue weighted by molar-refractivity contribution is -0.139. The SMILES string of the molecule is O=C(O)[C@@H](Cc1cnc2ccccc2c1)NS(=O)(=O)c1ccc(-c2ccc(C(F)(F)F)cc2)s1. The quantitative estimate of drug-likeness (QED) is 0.370. The number of aliphatic carboxylic acids is 1. The number of aromatic nitrogens is 1. The highest BCUT2D eigenvalue weighted by Gasteiger charge is 2.30. The van der Waals surface area contributed by atoms with Crippen molar-refractivity contribution in [3.05, 3.63) is 84.1 Å². The molecule has 0 aliphatic carbocycles. The Morgan fingerprint density at radius 1 is 1.06 bits per heavy atom. The van der Waals surface area contributed by atoms with Gasteiger partial charge in [0.05, 0.1) is 11.1 Å². The highest BCUT2D eigenvalue weighted by Crippen LogP contribution is 2.34. The fourth-order valence-corrected chi connectivity index (χ4v) is 5.85. The van der Waals surface area contributed by atoms with Crippen molar-refractivity contribution in [3.8, 4) is 10.4 Å². The maximum atomic E-state index is 12.9. The summed E-state index contributed by atoms with van der Waals surface area (Å²) in [5.41, 5.74) is 0.879. The van der Waals surface area contributed by atoms with Gasteiger partial charge < -0.3 is 5.11 Å². The smallest absolute Gasteiger partial charge is 0.416 e. The maximum absolute atomic E-state index is 12.9. The summed E-state index contributed by atoms with van der Waals surface area (Å²) in [6, 6.07) is 14.7. The van der Waals surface area contributed by atoms with Crippen molar-refractivity contribution in [2.24, 2.45) is 0 Å². The van der Waals surface area contributed by atoms with E-state index in [-0.39, 0.29) is 10.6 Å². The first kappa shape index (κ1) is 23.9. The highest BCUT2D eigenvalue weighted by atomic mass is 32.2. The zero-order chi connectivity index (χ0) is 24.5. The van der Waals surface area contributed by atoms with Gasteiger partial charge in [-0.05, 0) is 47.5 Å². The van der Waals surface area contributed by atoms with Crippen molar-refractivity contribution in [2.45, 2.75) is 22.8 Å². The molecule has 1 atom stereocenters. The topological polar surface area (TPSA) is 96.4 Å². The Kier molecular flexibility index (Phi) is 6.43. The van der Waals surface area contributed by atoms with Crippen molar-refractivity contribution in [3.63, 3.8) is 0 Å². The monoisotopic (exact) mass is 506 g/mol. The van der Waals surface area contributed by atoms with Gasteiger partial charge in [-0.2, -0.15) is 17.9 Å². The predicted octanol–water partition coefficient (Wildman–Crippen LogP) is 4.96. The lowest BCUT2D eigenvalue weighted by Gasteiger charge is -2.14. The summed E-state index contributed by atoms with van der Waals surface area (Å²) in [5.74, 6) is -1.35. The van der Waals surface area contributed by atoms with Crippen LogP contribution >= 0.6 is 11.3 Å². The molecule has 0 saturated carbocycles. The van der Waals surface area contributed by atoms with Crippen LogP contribution in [0.3, 0.4) is 0 Å². The van der Waals surface area contributed by atoms with Crippen molar-refractivity contribution in [2.75, 3.05) is 0 Å². The van der Waals surface area contributed by atoms with Crippen molar-refractivity contribution in [1.82, 2.24) is 9.71 Å². The third-order valence-corrected chi connectivity index (χ3v) is 8.12. The number of nitrogens with zero attached hydrogens (tertiary/aromatic N) is 1. The number of hydrogen-bond donors (Lipinski definition) is 2. The Hall–Kier alpha value is -3.28. The van der Waals surface area contributed by atoms with Crippen LogP contribution in [0.25, 0.3) is 21.3 Å². The van der Waals surface area contributed by atoms with E-state index in [2.05, 4.69) is 9.71 Å². The van der Waals surface area contributed by atoms with Gasteiger partial charge in [-0.25, -0.2) is 8.42 Å². The number of carboxylic acids is 1. The molecule has 176 valence electrons. The van der Waals surface area contributed by atoms with E-state index in [9.17, 15) is 31.5 Å². The van der Waals surface area contributed by atoms with Gasteiger partial charge in [0.15, 0.2) is 0 Å². The van der Waals surface area contributed by atoms with Crippen LogP contribution in [0.1, 0.15) is 11.1 Å². The van der Waals surface area contributed by atoms with E-state index in [4.69, 9.17) is 0 Å². The molecule has 0 amide bonds. The third kappa shape index (κ3) is 5.27. The normalized spacial score (nSPS) is 13.1. The highest BCUT2D eigenvalue weighted by molar-refractivity contribution is 7.91. The molecule has 0 radical (unpaired) electrons. The molecule has 0 aliphatic rings. The van der Waals surface area contributed by atoms with E-state index < -0.39 is 33.8 Å². The molecular weight excluding hydrogens is 489 g/mol. The minimum absolute atomic E-state index is 0.121. The van der Waals surface area contributed by atoms with Crippen molar-refractivity contribution >= 4 is 38.2 Å². The molecule has 4 rings (SSSR count). The van der Waals surface area contributed by atoms with Gasteiger partial charge >= 0.3 is 12.1 Å². The number of carboxylic acid groups (broad SMARTS) is 1. The van der Waals surface area contributed by atoms with Gasteiger partial charge in [0.25, 0.3) is 10.0 Å². The molecule has 0 saturated heterocycles. The molecule has 2 N–H and O–H groups in total. The number of benzene rings is 2. The fraction of sp³-hybridized carbons (Fsp3) is 0.130. The van der Waals surface area contributed by atoms with Crippen molar-refractivity contribution < 1.29 is 31.5 Å². The maximum Gasteiger partial charge on any atom is 0.416 e. The summed E-state index contributed by atoms with van der Waals surface area (Å²) >= 11 is 0.831. The largest absolute Gasteiger partial charge is 0.480 e. The minimum atomic E-state index is -4.47. The van der Waals surface area contributed by atoms with E-state index in [1.165, 1.54) is 30.5 Å². The predicted molar refractivity (Wildman–Crippen MR) is 122 cm³/mol. The van der Waals surface area contributed by atoms with Crippen LogP contribution in [0.5, 0.6) is 0 Å². The average Bonchev–Trinajstić information content (AvgIpc) is 3.29. The number of hydrogen-bond acceptors (Lipinski definition) is 5. The van der Waals surface area contributed by atoms with Crippen LogP contribution in [0.2, 0.25) is 0 Å². The number of para-hydroxylation sites is 1. The summed E-state index contributed by atoms with van der Waals surface area (Å²) in [4.78, 5) is 16.5. The lowest BCUT2D eigenvalue weighted by Crippen LogP contribution is -2.42. The molecule has 34 heavy (non-hydrogen) atoms. The molecule has 2 aromatic heterocycles. The summed E-state index contributed by atoms with van der Waals surface area (Å²) < 4.78 is 66.1. The number of halogens is 3. The van der Waals surface area contributed by atoms with Crippen LogP contribution in [0.4, 0.5) is 13.2 Å². The Bertz CT molecular complexity index is 1450. The first-order valence-corrected chi connectivity index (χ1v) is 12.2. The van der Waals surface area contributed by atoms with Gasteiger partial charge in [0.2, 0.25) is 0 Å². The number of nitrogens with one attached hydrogen (secondary N) is 1. The Balaban J connectivity index is 1.53. The zero-order valence-electron chi connectivity index (χ0n) is 17.3. The zero-order valence-corrected chi connectivity index (χ0v) is 18.9. The van der Waals surface area contributed by atoms with Crippen LogP contribution in [-0.2, 0) is 27.4 Å². The Morgan fingerprint density at radius 2 is 1.76 bits per heavy atom. The lowest BCUT2D eigenvalue weighted by atomic mass is 10.1. The van der Waals surface area contributed by atoms with E-state index >= 15 is 0 Å². The van der Waals surface area contributed by atoms with E-state index in [1.54, 1.807) is 6.07 Å². The van der Waals surface area contributed by atoms with Gasteiger partial charge in [0.1, 0.15) is 10.3 Å². The fourth-order valence-electron chi connectivity index (χ4n) is 3.33. The molecule has 0 fully saturated rings. The summed E-state index contributed by atoms with van der Waals surface area (Å²) in [6.45, 7) is 0. The molecule has 6 nitrogen and oxygen atoms in total. The van der Waals surface area contributed by atoms with Crippen molar-refractivity contribution in [1.29, 1.82) is 0 Å². The second kappa shape index (κ2) is 9.16. The molecule has 2 aromatic carbocycles. The van der Waals surface area contributed by atoms with E-state index in [0.29, 0.717) is 16.0 Å². The molecule has 2 heterocycles. The standard InChI is InChI=1S/C23H17F3N2O4S2/c24-23(25,26)17-7-5-15(6-8-17)20-9-10-21(33-20)34(31,32)28-19(22(29)30)12-14-11-16-3-1-2-4-18(16)27-13-14/h1-11,13,19,28H,12H2,(H,29,30)/t19-/m1/s1. The van der Waals surface area contributed by atoms with Crippen LogP contribution in [0, 0.1) is 0 Å². The molecular formula is C23H17F3N2O4S2. The number of alkyl halides is 3. The number of carbonyl (C=O) groups is 1. The Labute approximate surface area is 196 Å². The summed E-state index contributed by atoms with van der Waals surface area (Å²) in [6.07, 6.45) is -3.09.